The first-order valence-corrected chi connectivity index (χ1v) is 7.42. The normalized spacial score (nSPS) is 11.2. The van der Waals surface area contributed by atoms with Crippen molar-refractivity contribution in [1.29, 1.82) is 0 Å². The van der Waals surface area contributed by atoms with Crippen molar-refractivity contribution in [3.05, 3.63) is 52.1 Å². The van der Waals surface area contributed by atoms with E-state index in [2.05, 4.69) is 52.0 Å². The molecular weight excluding hydrogens is 254 g/mol. The van der Waals surface area contributed by atoms with Crippen LogP contribution in [0, 0.1) is 6.92 Å². The van der Waals surface area contributed by atoms with Gasteiger partial charge < -0.3 is 10.3 Å². The maximum atomic E-state index is 4.26. The zero-order valence-electron chi connectivity index (χ0n) is 10.9. The largest absolute Gasteiger partial charge is 0.361 e. The molecule has 3 nitrogen and oxygen atoms in total. The van der Waals surface area contributed by atoms with Crippen LogP contribution >= 0.6 is 11.3 Å². The molecule has 3 rings (SSSR count). The number of rotatable bonds is 5. The molecule has 0 atom stereocenters. The van der Waals surface area contributed by atoms with Gasteiger partial charge in [-0.2, -0.15) is 0 Å². The summed E-state index contributed by atoms with van der Waals surface area (Å²) in [5.41, 5.74) is 6.96. The third-order valence-corrected chi connectivity index (χ3v) is 3.99. The fourth-order valence-corrected chi connectivity index (χ4v) is 2.97. The van der Waals surface area contributed by atoms with E-state index in [0.29, 0.717) is 0 Å². The minimum Gasteiger partial charge on any atom is -0.361 e. The number of hydrogen-bond acceptors (Lipinski definition) is 3. The molecule has 2 N–H and O–H groups in total. The Morgan fingerprint density at radius 1 is 1.37 bits per heavy atom. The number of benzene rings is 1. The van der Waals surface area contributed by atoms with E-state index in [9.17, 15) is 0 Å². The Balaban J connectivity index is 1.62. The van der Waals surface area contributed by atoms with Crippen molar-refractivity contribution in [3.8, 4) is 0 Å². The van der Waals surface area contributed by atoms with Crippen LogP contribution in [-0.2, 0) is 13.0 Å². The average Bonchev–Trinajstić information content (AvgIpc) is 3.05. The summed E-state index contributed by atoms with van der Waals surface area (Å²) in [4.78, 5) is 7.61. The minimum atomic E-state index is 0.852. The van der Waals surface area contributed by atoms with Gasteiger partial charge in [0.25, 0.3) is 0 Å². The molecule has 2 aromatic heterocycles. The van der Waals surface area contributed by atoms with Gasteiger partial charge in [0.15, 0.2) is 0 Å². The topological polar surface area (TPSA) is 40.7 Å². The lowest BCUT2D eigenvalue weighted by atomic mass is 10.1. The van der Waals surface area contributed by atoms with E-state index in [4.69, 9.17) is 0 Å². The van der Waals surface area contributed by atoms with Crippen LogP contribution in [0.15, 0.2) is 35.3 Å². The fraction of sp³-hybridized carbons (Fsp3) is 0.267. The predicted octanol–water partition coefficient (Wildman–Crippen LogP) is 3.27. The van der Waals surface area contributed by atoms with Crippen LogP contribution < -0.4 is 5.32 Å². The molecule has 0 aliphatic carbocycles. The van der Waals surface area contributed by atoms with Gasteiger partial charge in [-0.25, -0.2) is 4.98 Å². The molecule has 4 heteroatoms. The number of fused-ring (bicyclic) bond motifs is 1. The van der Waals surface area contributed by atoms with Crippen molar-refractivity contribution in [2.24, 2.45) is 0 Å². The van der Waals surface area contributed by atoms with Gasteiger partial charge in [0.1, 0.15) is 0 Å². The van der Waals surface area contributed by atoms with Gasteiger partial charge in [-0.3, -0.25) is 0 Å². The quantitative estimate of drug-likeness (QED) is 0.699. The Morgan fingerprint density at radius 3 is 3.16 bits per heavy atom. The molecule has 0 saturated carbocycles. The zero-order chi connectivity index (χ0) is 13.1. The lowest BCUT2D eigenvalue weighted by molar-refractivity contribution is 0.679. The molecule has 0 aliphatic rings. The molecule has 3 aromatic rings. The summed E-state index contributed by atoms with van der Waals surface area (Å²) in [5.74, 6) is 0. The average molecular weight is 271 g/mol. The summed E-state index contributed by atoms with van der Waals surface area (Å²) in [5, 5.41) is 6.90. The van der Waals surface area contributed by atoms with Crippen LogP contribution in [0.3, 0.4) is 0 Å². The van der Waals surface area contributed by atoms with E-state index in [1.807, 2.05) is 5.51 Å². The van der Waals surface area contributed by atoms with Crippen LogP contribution in [0.1, 0.15) is 16.8 Å². The van der Waals surface area contributed by atoms with E-state index in [1.165, 1.54) is 22.0 Å². The summed E-state index contributed by atoms with van der Waals surface area (Å²) in [7, 11) is 0. The van der Waals surface area contributed by atoms with Gasteiger partial charge in [-0.1, -0.05) is 12.1 Å². The van der Waals surface area contributed by atoms with Gasteiger partial charge in [-0.05, 0) is 37.1 Å². The Hall–Kier alpha value is -1.65. The van der Waals surface area contributed by atoms with Gasteiger partial charge in [0.2, 0.25) is 0 Å². The first-order valence-electron chi connectivity index (χ1n) is 6.48. The van der Waals surface area contributed by atoms with E-state index < -0.39 is 0 Å². The zero-order valence-corrected chi connectivity index (χ0v) is 11.8. The summed E-state index contributed by atoms with van der Waals surface area (Å²) >= 11 is 1.64. The predicted molar refractivity (Wildman–Crippen MR) is 80.6 cm³/mol. The molecule has 0 radical (unpaired) electrons. The number of nitrogens with one attached hydrogen (secondary N) is 2. The number of H-pyrrole nitrogens is 1. The molecule has 0 amide bonds. The second kappa shape index (κ2) is 5.55. The highest BCUT2D eigenvalue weighted by molar-refractivity contribution is 7.07. The third-order valence-electron chi connectivity index (χ3n) is 3.36. The number of aromatic nitrogens is 2. The molecule has 2 heterocycles. The number of aromatic amines is 1. The highest BCUT2D eigenvalue weighted by Gasteiger charge is 2.05. The first-order chi connectivity index (χ1) is 9.34. The van der Waals surface area contributed by atoms with E-state index in [1.54, 1.807) is 11.3 Å². The molecular formula is C15H17N3S. The van der Waals surface area contributed by atoms with Crippen molar-refractivity contribution in [1.82, 2.24) is 15.3 Å². The Morgan fingerprint density at radius 2 is 2.32 bits per heavy atom. The van der Waals surface area contributed by atoms with Gasteiger partial charge in [-0.15, -0.1) is 11.3 Å². The van der Waals surface area contributed by atoms with E-state index >= 15 is 0 Å². The van der Waals surface area contributed by atoms with Gasteiger partial charge in [0, 0.05) is 29.0 Å². The highest BCUT2D eigenvalue weighted by atomic mass is 32.1. The van der Waals surface area contributed by atoms with Gasteiger partial charge >= 0.3 is 0 Å². The number of nitrogens with zero attached hydrogens (tertiary/aromatic N) is 1. The second-order valence-electron chi connectivity index (χ2n) is 4.72. The second-order valence-corrected chi connectivity index (χ2v) is 5.44. The highest BCUT2D eigenvalue weighted by Crippen LogP contribution is 2.22. The molecule has 19 heavy (non-hydrogen) atoms. The SMILES string of the molecule is Cc1cccc2[nH]cc(CCNCc3cscn3)c12. The molecule has 0 unspecified atom stereocenters. The van der Waals surface area contributed by atoms with Gasteiger partial charge in [0.05, 0.1) is 11.2 Å². The van der Waals surface area contributed by atoms with Crippen LogP contribution in [0.4, 0.5) is 0 Å². The van der Waals surface area contributed by atoms with Crippen LogP contribution in [0.5, 0.6) is 0 Å². The van der Waals surface area contributed by atoms with Crippen molar-refractivity contribution >= 4 is 22.2 Å². The Kier molecular flexibility index (Phi) is 3.62. The number of thiazole rings is 1. The molecule has 0 aliphatic heterocycles. The lowest BCUT2D eigenvalue weighted by Gasteiger charge is -2.03. The molecule has 1 aromatic carbocycles. The minimum absolute atomic E-state index is 0.852. The van der Waals surface area contributed by atoms with Crippen LogP contribution in [0.25, 0.3) is 10.9 Å². The van der Waals surface area contributed by atoms with Crippen molar-refractivity contribution in [2.75, 3.05) is 6.54 Å². The molecule has 98 valence electrons. The molecule has 0 spiro atoms. The van der Waals surface area contributed by atoms with E-state index in [-0.39, 0.29) is 0 Å². The standard InChI is InChI=1S/C15H17N3S/c1-11-3-2-4-14-15(11)12(7-17-14)5-6-16-8-13-9-19-10-18-13/h2-4,7,9-10,16-17H,5-6,8H2,1H3. The maximum absolute atomic E-state index is 4.26. The Bertz CT molecular complexity index is 655. The third kappa shape index (κ3) is 2.69. The van der Waals surface area contributed by atoms with Crippen molar-refractivity contribution in [3.63, 3.8) is 0 Å². The first kappa shape index (κ1) is 12.4. The maximum Gasteiger partial charge on any atom is 0.0795 e. The molecule has 0 fully saturated rings. The van der Waals surface area contributed by atoms with E-state index in [0.717, 1.165) is 25.2 Å². The monoisotopic (exact) mass is 271 g/mol. The van der Waals surface area contributed by atoms with Crippen molar-refractivity contribution in [2.45, 2.75) is 19.9 Å². The smallest absolute Gasteiger partial charge is 0.0795 e. The summed E-state index contributed by atoms with van der Waals surface area (Å²) in [6.45, 7) is 3.99. The summed E-state index contributed by atoms with van der Waals surface area (Å²) < 4.78 is 0. The van der Waals surface area contributed by atoms with Crippen molar-refractivity contribution < 1.29 is 0 Å². The number of hydrogen-bond donors (Lipinski definition) is 2. The lowest BCUT2D eigenvalue weighted by Crippen LogP contribution is -2.16. The fourth-order valence-electron chi connectivity index (χ4n) is 2.41. The summed E-state index contributed by atoms with van der Waals surface area (Å²) in [6.07, 6.45) is 3.16. The molecule has 0 bridgehead atoms. The summed E-state index contributed by atoms with van der Waals surface area (Å²) in [6, 6.07) is 6.40. The van der Waals surface area contributed by atoms with Crippen LogP contribution in [0.2, 0.25) is 0 Å². The molecule has 0 saturated heterocycles. The van der Waals surface area contributed by atoms with Crippen LogP contribution in [-0.4, -0.2) is 16.5 Å². The number of aryl methyl sites for hydroxylation is 1. The Labute approximate surface area is 116 Å².